The molecule has 0 unspecified atom stereocenters. The zero-order valence-electron chi connectivity index (χ0n) is 11.2. The summed E-state index contributed by atoms with van der Waals surface area (Å²) in [5.41, 5.74) is 6.58. The van der Waals surface area contributed by atoms with E-state index in [1.165, 1.54) is 5.82 Å². The second-order valence-corrected chi connectivity index (χ2v) is 5.01. The molecule has 0 aliphatic carbocycles. The van der Waals surface area contributed by atoms with E-state index >= 15 is 0 Å². The van der Waals surface area contributed by atoms with Crippen molar-refractivity contribution >= 4 is 11.5 Å². The van der Waals surface area contributed by atoms with Gasteiger partial charge in [-0.25, -0.2) is 4.98 Å². The molecule has 0 aromatic carbocycles. The molecule has 3 rings (SSSR count). The smallest absolute Gasteiger partial charge is 0.138 e. The van der Waals surface area contributed by atoms with Crippen molar-refractivity contribution in [1.29, 1.82) is 0 Å². The van der Waals surface area contributed by atoms with E-state index in [0.717, 1.165) is 51.3 Å². The van der Waals surface area contributed by atoms with Gasteiger partial charge in [-0.3, -0.25) is 9.30 Å². The van der Waals surface area contributed by atoms with E-state index in [9.17, 15) is 0 Å². The van der Waals surface area contributed by atoms with Crippen molar-refractivity contribution in [3.8, 4) is 0 Å². The van der Waals surface area contributed by atoms with Crippen LogP contribution in [0.5, 0.6) is 0 Å². The molecule has 0 saturated carbocycles. The minimum absolute atomic E-state index is 0.786. The van der Waals surface area contributed by atoms with Gasteiger partial charge in [0.2, 0.25) is 0 Å². The molecule has 3 heterocycles. The van der Waals surface area contributed by atoms with Crippen molar-refractivity contribution in [3.63, 3.8) is 0 Å². The Morgan fingerprint density at radius 3 is 2.79 bits per heavy atom. The predicted octanol–water partition coefficient (Wildman–Crippen LogP) is 0.805. The van der Waals surface area contributed by atoms with E-state index in [4.69, 9.17) is 5.73 Å². The summed E-state index contributed by atoms with van der Waals surface area (Å²) in [5.74, 6) is 1.24. The fourth-order valence-corrected chi connectivity index (χ4v) is 2.71. The lowest BCUT2D eigenvalue weighted by Crippen LogP contribution is -2.47. The summed E-state index contributed by atoms with van der Waals surface area (Å²) in [6, 6.07) is 6.30. The molecule has 5 heteroatoms. The van der Waals surface area contributed by atoms with Crippen LogP contribution < -0.4 is 10.6 Å². The van der Waals surface area contributed by atoms with E-state index in [0.29, 0.717) is 0 Å². The van der Waals surface area contributed by atoms with E-state index in [1.807, 2.05) is 18.5 Å². The Bertz CT molecular complexity index is 527. The van der Waals surface area contributed by atoms with Gasteiger partial charge >= 0.3 is 0 Å². The molecule has 0 radical (unpaired) electrons. The normalized spacial score (nSPS) is 17.2. The maximum absolute atomic E-state index is 5.57. The second-order valence-electron chi connectivity index (χ2n) is 5.01. The Morgan fingerprint density at radius 2 is 2.00 bits per heavy atom. The van der Waals surface area contributed by atoms with Crippen LogP contribution in [0.25, 0.3) is 5.65 Å². The molecule has 1 fully saturated rings. The molecule has 2 aromatic heterocycles. The van der Waals surface area contributed by atoms with Crippen LogP contribution in [0.15, 0.2) is 30.6 Å². The van der Waals surface area contributed by atoms with Crippen molar-refractivity contribution < 1.29 is 0 Å². The lowest BCUT2D eigenvalue weighted by molar-refractivity contribution is 0.255. The quantitative estimate of drug-likeness (QED) is 0.882. The highest BCUT2D eigenvalue weighted by Crippen LogP contribution is 2.18. The van der Waals surface area contributed by atoms with Crippen molar-refractivity contribution in [2.24, 2.45) is 5.73 Å². The Hall–Kier alpha value is -1.59. The molecule has 2 N–H and O–H groups in total. The number of anilines is 1. The number of imidazole rings is 1. The zero-order chi connectivity index (χ0) is 13.1. The van der Waals surface area contributed by atoms with Crippen molar-refractivity contribution in [3.05, 3.63) is 30.6 Å². The summed E-state index contributed by atoms with van der Waals surface area (Å²) in [4.78, 5) is 9.28. The molecule has 0 bridgehead atoms. The van der Waals surface area contributed by atoms with Gasteiger partial charge in [0, 0.05) is 38.6 Å². The Labute approximate surface area is 113 Å². The number of pyridine rings is 1. The summed E-state index contributed by atoms with van der Waals surface area (Å²) in [5, 5.41) is 0. The maximum atomic E-state index is 5.57. The van der Waals surface area contributed by atoms with Crippen LogP contribution in [0.3, 0.4) is 0 Å². The SMILES string of the molecule is NCCCN1CCN(c2cccc3nccn23)CC1. The number of aromatic nitrogens is 2. The van der Waals surface area contributed by atoms with Gasteiger partial charge in [0.1, 0.15) is 11.5 Å². The molecular weight excluding hydrogens is 238 g/mol. The van der Waals surface area contributed by atoms with E-state index in [1.54, 1.807) is 0 Å². The second kappa shape index (κ2) is 5.59. The first-order valence-electron chi connectivity index (χ1n) is 6.98. The Kier molecular flexibility index (Phi) is 3.66. The molecule has 0 atom stereocenters. The van der Waals surface area contributed by atoms with Gasteiger partial charge in [-0.05, 0) is 31.6 Å². The van der Waals surface area contributed by atoms with Crippen LogP contribution in [-0.4, -0.2) is 53.6 Å². The molecule has 19 heavy (non-hydrogen) atoms. The van der Waals surface area contributed by atoms with Gasteiger partial charge in [-0.1, -0.05) is 6.07 Å². The lowest BCUT2D eigenvalue weighted by atomic mass is 10.2. The summed E-state index contributed by atoms with van der Waals surface area (Å²) < 4.78 is 2.16. The van der Waals surface area contributed by atoms with Crippen LogP contribution in [-0.2, 0) is 0 Å². The molecule has 2 aromatic rings. The first kappa shape index (κ1) is 12.4. The van der Waals surface area contributed by atoms with Crippen molar-refractivity contribution in [2.45, 2.75) is 6.42 Å². The topological polar surface area (TPSA) is 49.8 Å². The molecule has 102 valence electrons. The van der Waals surface area contributed by atoms with E-state index in [2.05, 4.69) is 31.3 Å². The number of fused-ring (bicyclic) bond motifs is 1. The van der Waals surface area contributed by atoms with E-state index < -0.39 is 0 Å². The number of piperazine rings is 1. The Balaban J connectivity index is 1.69. The zero-order valence-corrected chi connectivity index (χ0v) is 11.2. The standard InChI is InChI=1S/C14H21N5/c15-5-2-7-17-9-11-18(12-10-17)14-4-1-3-13-16-6-8-19(13)14/h1,3-4,6,8H,2,5,7,9-12,15H2. The van der Waals surface area contributed by atoms with Crippen LogP contribution in [0.2, 0.25) is 0 Å². The van der Waals surface area contributed by atoms with Crippen LogP contribution in [0.4, 0.5) is 5.82 Å². The Morgan fingerprint density at radius 1 is 1.16 bits per heavy atom. The third-order valence-electron chi connectivity index (χ3n) is 3.78. The average Bonchev–Trinajstić information content (AvgIpc) is 2.94. The summed E-state index contributed by atoms with van der Waals surface area (Å²) in [6.07, 6.45) is 4.99. The van der Waals surface area contributed by atoms with Crippen molar-refractivity contribution in [1.82, 2.24) is 14.3 Å². The highest BCUT2D eigenvalue weighted by molar-refractivity contribution is 5.51. The van der Waals surface area contributed by atoms with Crippen LogP contribution in [0.1, 0.15) is 6.42 Å². The summed E-state index contributed by atoms with van der Waals surface area (Å²) in [6.45, 7) is 6.29. The highest BCUT2D eigenvalue weighted by Gasteiger charge is 2.18. The summed E-state index contributed by atoms with van der Waals surface area (Å²) in [7, 11) is 0. The van der Waals surface area contributed by atoms with Gasteiger partial charge in [0.25, 0.3) is 0 Å². The molecule has 0 spiro atoms. The minimum atomic E-state index is 0.786. The molecule has 1 aliphatic heterocycles. The minimum Gasteiger partial charge on any atom is -0.355 e. The number of hydrogen-bond donors (Lipinski definition) is 1. The fraction of sp³-hybridized carbons (Fsp3) is 0.500. The molecule has 1 saturated heterocycles. The van der Waals surface area contributed by atoms with Gasteiger partial charge in [-0.15, -0.1) is 0 Å². The molecule has 0 amide bonds. The third kappa shape index (κ3) is 2.57. The molecule has 5 nitrogen and oxygen atoms in total. The van der Waals surface area contributed by atoms with Gasteiger partial charge in [0.05, 0.1) is 0 Å². The number of nitrogens with zero attached hydrogens (tertiary/aromatic N) is 4. The van der Waals surface area contributed by atoms with Crippen molar-refractivity contribution in [2.75, 3.05) is 44.2 Å². The van der Waals surface area contributed by atoms with E-state index in [-0.39, 0.29) is 0 Å². The first-order valence-corrected chi connectivity index (χ1v) is 6.98. The largest absolute Gasteiger partial charge is 0.355 e. The van der Waals surface area contributed by atoms with Crippen LogP contribution in [0, 0.1) is 0 Å². The lowest BCUT2D eigenvalue weighted by Gasteiger charge is -2.36. The van der Waals surface area contributed by atoms with Gasteiger partial charge in [0.15, 0.2) is 0 Å². The monoisotopic (exact) mass is 259 g/mol. The highest BCUT2D eigenvalue weighted by atomic mass is 15.3. The number of nitrogens with two attached hydrogens (primary N) is 1. The van der Waals surface area contributed by atoms with Gasteiger partial charge in [-0.2, -0.15) is 0 Å². The number of rotatable bonds is 4. The number of hydrogen-bond acceptors (Lipinski definition) is 4. The molecule has 1 aliphatic rings. The average molecular weight is 259 g/mol. The third-order valence-corrected chi connectivity index (χ3v) is 3.78. The predicted molar refractivity (Wildman–Crippen MR) is 77.5 cm³/mol. The van der Waals surface area contributed by atoms with Gasteiger partial charge < -0.3 is 10.6 Å². The van der Waals surface area contributed by atoms with Crippen LogP contribution >= 0.6 is 0 Å². The fourth-order valence-electron chi connectivity index (χ4n) is 2.71. The maximum Gasteiger partial charge on any atom is 0.138 e. The summed E-state index contributed by atoms with van der Waals surface area (Å²) >= 11 is 0. The first-order chi connectivity index (χ1) is 9.38. The molecular formula is C14H21N5.